The maximum Gasteiger partial charge on any atom is 0.211 e. The van der Waals surface area contributed by atoms with Crippen LogP contribution in [0.3, 0.4) is 0 Å². The highest BCUT2D eigenvalue weighted by atomic mass is 16.6. The monoisotopic (exact) mass is 248 g/mol. The number of rotatable bonds is 0. The molecule has 18 heavy (non-hydrogen) atoms. The molecule has 1 N–H and O–H groups in total. The van der Waals surface area contributed by atoms with Crippen LogP contribution in [0.2, 0.25) is 0 Å². The molecule has 1 aliphatic rings. The van der Waals surface area contributed by atoms with Crippen molar-refractivity contribution in [2.45, 2.75) is 59.7 Å². The van der Waals surface area contributed by atoms with Crippen LogP contribution in [0.4, 0.5) is 0 Å². The third-order valence-electron chi connectivity index (χ3n) is 5.12. The molecule has 1 unspecified atom stereocenters. The van der Waals surface area contributed by atoms with Gasteiger partial charge in [-0.25, -0.2) is 0 Å². The summed E-state index contributed by atoms with van der Waals surface area (Å²) in [7, 11) is 0. The van der Waals surface area contributed by atoms with Crippen molar-refractivity contribution >= 4 is 0 Å². The van der Waals surface area contributed by atoms with Gasteiger partial charge in [0.25, 0.3) is 0 Å². The first-order chi connectivity index (χ1) is 8.00. The Kier molecular flexibility index (Phi) is 2.61. The lowest BCUT2D eigenvalue weighted by Gasteiger charge is -2.54. The van der Waals surface area contributed by atoms with E-state index in [4.69, 9.17) is 4.74 Å². The lowest BCUT2D eigenvalue weighted by Crippen LogP contribution is -2.59. The second kappa shape index (κ2) is 3.51. The van der Waals surface area contributed by atoms with E-state index in [0.29, 0.717) is 0 Å². The first-order valence-electron chi connectivity index (χ1n) is 6.54. The normalized spacial score (nSPS) is 28.4. The molecule has 0 aromatic heterocycles. The van der Waals surface area contributed by atoms with Crippen LogP contribution >= 0.6 is 0 Å². The number of fused-ring (bicyclic) bond motifs is 1. The number of aryl methyl sites for hydroxylation is 2. The van der Waals surface area contributed by atoms with Crippen LogP contribution in [0, 0.1) is 19.3 Å². The molecule has 0 aliphatic carbocycles. The molecule has 0 saturated heterocycles. The van der Waals surface area contributed by atoms with E-state index in [1.165, 1.54) is 11.1 Å². The maximum atomic E-state index is 10.7. The van der Waals surface area contributed by atoms with Crippen LogP contribution < -0.4 is 4.74 Å². The van der Waals surface area contributed by atoms with Gasteiger partial charge in [-0.1, -0.05) is 45.4 Å². The number of hydrogen-bond acceptors (Lipinski definition) is 2. The summed E-state index contributed by atoms with van der Waals surface area (Å²) in [6.07, 6.45) is 0. The third-order valence-corrected chi connectivity index (χ3v) is 5.12. The van der Waals surface area contributed by atoms with Crippen LogP contribution in [0.25, 0.3) is 0 Å². The summed E-state index contributed by atoms with van der Waals surface area (Å²) in [5.41, 5.74) is 3.00. The third kappa shape index (κ3) is 1.51. The van der Waals surface area contributed by atoms with E-state index in [1.807, 2.05) is 6.92 Å². The zero-order valence-electron chi connectivity index (χ0n) is 12.5. The second-order valence-corrected chi connectivity index (χ2v) is 6.79. The summed E-state index contributed by atoms with van der Waals surface area (Å²) < 4.78 is 5.91. The van der Waals surface area contributed by atoms with Gasteiger partial charge in [0.2, 0.25) is 5.79 Å². The maximum absolute atomic E-state index is 10.7. The van der Waals surface area contributed by atoms with E-state index in [2.05, 4.69) is 46.8 Å². The first kappa shape index (κ1) is 13.4. The van der Waals surface area contributed by atoms with Gasteiger partial charge in [0.15, 0.2) is 0 Å². The van der Waals surface area contributed by atoms with Crippen molar-refractivity contribution in [1.29, 1.82) is 0 Å². The minimum absolute atomic E-state index is 0.152. The zero-order chi connectivity index (χ0) is 13.9. The Balaban J connectivity index is 2.77. The van der Waals surface area contributed by atoms with Crippen molar-refractivity contribution in [2.75, 3.05) is 0 Å². The molecule has 2 rings (SSSR count). The van der Waals surface area contributed by atoms with E-state index >= 15 is 0 Å². The summed E-state index contributed by atoms with van der Waals surface area (Å²) in [6, 6.07) is 4.28. The topological polar surface area (TPSA) is 29.5 Å². The molecule has 0 saturated carbocycles. The molecule has 1 aliphatic heterocycles. The SMILES string of the molecule is Cc1cc(C)c2c(c1)C(C)(C)C(C)(C)C(C)(O)O2. The molecule has 2 nitrogen and oxygen atoms in total. The summed E-state index contributed by atoms with van der Waals surface area (Å²) in [6.45, 7) is 14.4. The molecule has 0 amide bonds. The highest BCUT2D eigenvalue weighted by Gasteiger charge is 2.57. The van der Waals surface area contributed by atoms with Crippen molar-refractivity contribution in [3.63, 3.8) is 0 Å². The molecule has 0 bridgehead atoms. The zero-order valence-corrected chi connectivity index (χ0v) is 12.5. The van der Waals surface area contributed by atoms with Crippen LogP contribution in [0.5, 0.6) is 5.75 Å². The van der Waals surface area contributed by atoms with Gasteiger partial charge in [0, 0.05) is 23.3 Å². The predicted octanol–water partition coefficient (Wildman–Crippen LogP) is 3.71. The smallest absolute Gasteiger partial charge is 0.211 e. The minimum atomic E-state index is -1.16. The Morgan fingerprint density at radius 3 is 2.11 bits per heavy atom. The minimum Gasteiger partial charge on any atom is -0.462 e. The molecule has 0 spiro atoms. The standard InChI is InChI=1S/C16H24O2/c1-10-8-11(2)13-12(9-10)14(3,4)15(5,6)16(7,17)18-13/h8-9,17H,1-7H3. The number of ether oxygens (including phenoxy) is 1. The fourth-order valence-corrected chi connectivity index (χ4v) is 2.80. The van der Waals surface area contributed by atoms with Crippen LogP contribution in [-0.2, 0) is 5.41 Å². The van der Waals surface area contributed by atoms with Gasteiger partial charge in [-0.3, -0.25) is 0 Å². The highest BCUT2D eigenvalue weighted by Crippen LogP contribution is 2.56. The molecule has 0 radical (unpaired) electrons. The average Bonchev–Trinajstić information content (AvgIpc) is 2.19. The van der Waals surface area contributed by atoms with Crippen LogP contribution in [0.1, 0.15) is 51.3 Å². The molecule has 1 heterocycles. The quantitative estimate of drug-likeness (QED) is 0.758. The van der Waals surface area contributed by atoms with E-state index in [9.17, 15) is 5.11 Å². The van der Waals surface area contributed by atoms with E-state index < -0.39 is 5.79 Å². The Morgan fingerprint density at radius 1 is 1.00 bits per heavy atom. The van der Waals surface area contributed by atoms with Crippen molar-refractivity contribution in [3.05, 3.63) is 28.8 Å². The lowest BCUT2D eigenvalue weighted by atomic mass is 9.58. The summed E-state index contributed by atoms with van der Waals surface area (Å²) in [5.74, 6) is -0.321. The number of benzene rings is 1. The van der Waals surface area contributed by atoms with Crippen LogP contribution in [0.15, 0.2) is 12.1 Å². The van der Waals surface area contributed by atoms with Gasteiger partial charge in [-0.2, -0.15) is 0 Å². The van der Waals surface area contributed by atoms with Crippen molar-refractivity contribution < 1.29 is 9.84 Å². The Labute approximate surface area is 110 Å². The summed E-state index contributed by atoms with van der Waals surface area (Å²) in [5, 5.41) is 10.7. The molecule has 0 fully saturated rings. The van der Waals surface area contributed by atoms with Gasteiger partial charge >= 0.3 is 0 Å². The van der Waals surface area contributed by atoms with Crippen molar-refractivity contribution in [1.82, 2.24) is 0 Å². The Hall–Kier alpha value is -1.02. The highest BCUT2D eigenvalue weighted by molar-refractivity contribution is 5.50. The van der Waals surface area contributed by atoms with Crippen molar-refractivity contribution in [2.24, 2.45) is 5.41 Å². The molecule has 100 valence electrons. The second-order valence-electron chi connectivity index (χ2n) is 6.79. The average molecular weight is 248 g/mol. The largest absolute Gasteiger partial charge is 0.462 e. The van der Waals surface area contributed by atoms with Gasteiger partial charge in [-0.05, 0) is 19.4 Å². The lowest BCUT2D eigenvalue weighted by molar-refractivity contribution is -0.231. The number of aliphatic hydroxyl groups is 1. The van der Waals surface area contributed by atoms with Gasteiger partial charge in [0.05, 0.1) is 0 Å². The molecule has 1 aromatic rings. The van der Waals surface area contributed by atoms with Crippen LogP contribution in [-0.4, -0.2) is 10.9 Å². The van der Waals surface area contributed by atoms with E-state index in [1.54, 1.807) is 6.92 Å². The summed E-state index contributed by atoms with van der Waals surface area (Å²) in [4.78, 5) is 0. The molecule has 1 atom stereocenters. The summed E-state index contributed by atoms with van der Waals surface area (Å²) >= 11 is 0. The molecular weight excluding hydrogens is 224 g/mol. The van der Waals surface area contributed by atoms with E-state index in [-0.39, 0.29) is 10.8 Å². The fraction of sp³-hybridized carbons (Fsp3) is 0.625. The van der Waals surface area contributed by atoms with Gasteiger partial charge < -0.3 is 9.84 Å². The molecular formula is C16H24O2. The van der Waals surface area contributed by atoms with Gasteiger partial charge in [-0.15, -0.1) is 0 Å². The predicted molar refractivity (Wildman–Crippen MR) is 74.0 cm³/mol. The first-order valence-corrected chi connectivity index (χ1v) is 6.54. The number of hydrogen-bond donors (Lipinski definition) is 1. The molecule has 1 aromatic carbocycles. The molecule has 2 heteroatoms. The van der Waals surface area contributed by atoms with Gasteiger partial charge in [0.1, 0.15) is 5.75 Å². The Bertz CT molecular complexity index is 496. The fourth-order valence-electron chi connectivity index (χ4n) is 2.80. The Morgan fingerprint density at radius 2 is 1.56 bits per heavy atom. The van der Waals surface area contributed by atoms with E-state index in [0.717, 1.165) is 11.3 Å². The van der Waals surface area contributed by atoms with Crippen molar-refractivity contribution in [3.8, 4) is 5.75 Å².